The van der Waals surface area contributed by atoms with Crippen molar-refractivity contribution < 1.29 is 9.36 Å². The van der Waals surface area contributed by atoms with E-state index in [2.05, 4.69) is 19.2 Å². The van der Waals surface area contributed by atoms with Crippen molar-refractivity contribution in [2.75, 3.05) is 7.05 Å². The van der Waals surface area contributed by atoms with Crippen molar-refractivity contribution in [3.8, 4) is 0 Å². The molecule has 27 heavy (non-hydrogen) atoms. The lowest BCUT2D eigenvalue weighted by Gasteiger charge is -2.23. The zero-order valence-electron chi connectivity index (χ0n) is 15.8. The van der Waals surface area contributed by atoms with Gasteiger partial charge in [-0.25, -0.2) is 0 Å². The van der Waals surface area contributed by atoms with Crippen molar-refractivity contribution >= 4 is 29.0 Å². The Morgan fingerprint density at radius 2 is 1.37 bits per heavy atom. The highest BCUT2D eigenvalue weighted by molar-refractivity contribution is 7.85. The fourth-order valence-electron chi connectivity index (χ4n) is 3.20. The maximum Gasteiger partial charge on any atom is 0.251 e. The fourth-order valence-corrected chi connectivity index (χ4v) is 6.08. The minimum absolute atomic E-state index is 0.229. The van der Waals surface area contributed by atoms with Gasteiger partial charge in [-0.3, -0.25) is 4.79 Å². The SMILES string of the molecule is CNC(=O)c1ccc(C(C)C)cc1P(=O)(c1ccccc1)c1ccccc1. The third kappa shape index (κ3) is 3.61. The first-order chi connectivity index (χ1) is 13.0. The van der Waals surface area contributed by atoms with E-state index in [-0.39, 0.29) is 11.8 Å². The molecule has 0 aliphatic rings. The average Bonchev–Trinajstić information content (AvgIpc) is 2.73. The predicted molar refractivity (Wildman–Crippen MR) is 113 cm³/mol. The number of carbonyl (C=O) groups excluding carboxylic acids is 1. The second-order valence-electron chi connectivity index (χ2n) is 6.79. The summed E-state index contributed by atoms with van der Waals surface area (Å²) >= 11 is 0. The van der Waals surface area contributed by atoms with Crippen LogP contribution in [0, 0.1) is 0 Å². The lowest BCUT2D eigenvalue weighted by molar-refractivity contribution is 0.0964. The van der Waals surface area contributed by atoms with Gasteiger partial charge >= 0.3 is 0 Å². The zero-order chi connectivity index (χ0) is 19.4. The van der Waals surface area contributed by atoms with E-state index in [1.807, 2.05) is 72.8 Å². The summed E-state index contributed by atoms with van der Waals surface area (Å²) < 4.78 is 14.7. The molecule has 0 fully saturated rings. The maximum absolute atomic E-state index is 14.7. The zero-order valence-corrected chi connectivity index (χ0v) is 16.7. The van der Waals surface area contributed by atoms with Crippen molar-refractivity contribution in [2.24, 2.45) is 0 Å². The minimum atomic E-state index is -3.21. The van der Waals surface area contributed by atoms with Gasteiger partial charge in [0.05, 0.1) is 5.56 Å². The Morgan fingerprint density at radius 3 is 1.81 bits per heavy atom. The molecule has 0 unspecified atom stereocenters. The summed E-state index contributed by atoms with van der Waals surface area (Å²) in [6, 6.07) is 24.5. The third-order valence-electron chi connectivity index (χ3n) is 4.74. The molecule has 138 valence electrons. The first-order valence-corrected chi connectivity index (χ1v) is 10.8. The maximum atomic E-state index is 14.7. The highest BCUT2D eigenvalue weighted by Crippen LogP contribution is 2.43. The van der Waals surface area contributed by atoms with E-state index in [0.29, 0.717) is 10.9 Å². The standard InChI is InChI=1S/C23H24NO2P/c1-17(2)18-14-15-21(23(25)24-3)22(16-18)27(26,19-10-6-4-7-11-19)20-12-8-5-9-13-20/h4-17H,1-3H3,(H,24,25). The smallest absolute Gasteiger partial charge is 0.251 e. The van der Waals surface area contributed by atoms with Gasteiger partial charge in [0, 0.05) is 23.0 Å². The second-order valence-corrected chi connectivity index (χ2v) is 9.52. The van der Waals surface area contributed by atoms with E-state index >= 15 is 0 Å². The Hall–Kier alpha value is -2.64. The number of carbonyl (C=O) groups is 1. The summed E-state index contributed by atoms with van der Waals surface area (Å²) in [5.41, 5.74) is 1.52. The van der Waals surface area contributed by atoms with Crippen LogP contribution in [-0.4, -0.2) is 13.0 Å². The number of rotatable bonds is 5. The fraction of sp³-hybridized carbons (Fsp3) is 0.174. The van der Waals surface area contributed by atoms with Crippen molar-refractivity contribution in [1.82, 2.24) is 5.32 Å². The van der Waals surface area contributed by atoms with E-state index in [1.54, 1.807) is 13.1 Å². The molecule has 0 heterocycles. The molecular weight excluding hydrogens is 353 g/mol. The number of hydrogen-bond acceptors (Lipinski definition) is 2. The van der Waals surface area contributed by atoms with E-state index in [0.717, 1.165) is 16.2 Å². The summed E-state index contributed by atoms with van der Waals surface area (Å²) in [6.07, 6.45) is 0. The molecular formula is C23H24NO2P. The van der Waals surface area contributed by atoms with Crippen LogP contribution >= 0.6 is 7.14 Å². The van der Waals surface area contributed by atoms with Gasteiger partial charge in [0.1, 0.15) is 0 Å². The van der Waals surface area contributed by atoms with Gasteiger partial charge in [0.15, 0.2) is 7.14 Å². The summed E-state index contributed by atoms with van der Waals surface area (Å²) in [7, 11) is -1.61. The molecule has 0 spiro atoms. The summed E-state index contributed by atoms with van der Waals surface area (Å²) in [4.78, 5) is 12.6. The normalized spacial score (nSPS) is 11.4. The monoisotopic (exact) mass is 377 g/mol. The van der Waals surface area contributed by atoms with Gasteiger partial charge in [-0.15, -0.1) is 0 Å². The van der Waals surface area contributed by atoms with Crippen LogP contribution in [-0.2, 0) is 4.57 Å². The quantitative estimate of drug-likeness (QED) is 0.688. The van der Waals surface area contributed by atoms with Crippen LogP contribution in [0.3, 0.4) is 0 Å². The molecule has 4 heteroatoms. The Balaban J connectivity index is 2.38. The van der Waals surface area contributed by atoms with Gasteiger partial charge in [-0.05, 0) is 23.6 Å². The molecule has 3 rings (SSSR count). The first-order valence-electron chi connectivity index (χ1n) is 9.06. The molecule has 0 atom stereocenters. The van der Waals surface area contributed by atoms with Crippen LogP contribution in [0.2, 0.25) is 0 Å². The molecule has 0 saturated carbocycles. The minimum Gasteiger partial charge on any atom is -0.355 e. The van der Waals surface area contributed by atoms with Gasteiger partial charge in [0.2, 0.25) is 0 Å². The molecule has 0 aliphatic heterocycles. The first kappa shape index (κ1) is 19.1. The van der Waals surface area contributed by atoms with Gasteiger partial charge in [0.25, 0.3) is 5.91 Å². The van der Waals surface area contributed by atoms with Crippen LogP contribution in [0.1, 0.15) is 35.7 Å². The van der Waals surface area contributed by atoms with Crippen molar-refractivity contribution in [1.29, 1.82) is 0 Å². The average molecular weight is 377 g/mol. The second kappa shape index (κ2) is 7.94. The molecule has 3 aromatic carbocycles. The molecule has 0 aliphatic carbocycles. The summed E-state index contributed by atoms with van der Waals surface area (Å²) in [6.45, 7) is 4.18. The molecule has 1 N–H and O–H groups in total. The Kier molecular flexibility index (Phi) is 5.62. The van der Waals surface area contributed by atoms with Crippen LogP contribution in [0.4, 0.5) is 0 Å². The van der Waals surface area contributed by atoms with Crippen molar-refractivity contribution in [3.63, 3.8) is 0 Å². The number of nitrogens with one attached hydrogen (secondary N) is 1. The number of amides is 1. The molecule has 0 aromatic heterocycles. The van der Waals surface area contributed by atoms with E-state index in [9.17, 15) is 9.36 Å². The van der Waals surface area contributed by atoms with Crippen LogP contribution in [0.15, 0.2) is 78.9 Å². The highest BCUT2D eigenvalue weighted by atomic mass is 31.2. The topological polar surface area (TPSA) is 46.2 Å². The van der Waals surface area contributed by atoms with Gasteiger partial charge < -0.3 is 9.88 Å². The Labute approximate surface area is 160 Å². The Morgan fingerprint density at radius 1 is 0.852 bits per heavy atom. The predicted octanol–water partition coefficient (Wildman–Crippen LogP) is 3.81. The molecule has 0 bridgehead atoms. The van der Waals surface area contributed by atoms with E-state index in [1.165, 1.54) is 0 Å². The molecule has 0 radical (unpaired) electrons. The number of hydrogen-bond donors (Lipinski definition) is 1. The van der Waals surface area contributed by atoms with Gasteiger partial charge in [-0.1, -0.05) is 80.6 Å². The van der Waals surface area contributed by atoms with E-state index in [4.69, 9.17) is 0 Å². The molecule has 3 nitrogen and oxygen atoms in total. The van der Waals surface area contributed by atoms with Crippen molar-refractivity contribution in [2.45, 2.75) is 19.8 Å². The van der Waals surface area contributed by atoms with Crippen molar-refractivity contribution in [3.05, 3.63) is 90.0 Å². The largest absolute Gasteiger partial charge is 0.355 e. The van der Waals surface area contributed by atoms with Crippen LogP contribution in [0.25, 0.3) is 0 Å². The van der Waals surface area contributed by atoms with E-state index < -0.39 is 7.14 Å². The van der Waals surface area contributed by atoms with Gasteiger partial charge in [-0.2, -0.15) is 0 Å². The summed E-state index contributed by atoms with van der Waals surface area (Å²) in [5, 5.41) is 4.72. The molecule has 3 aromatic rings. The molecule has 0 saturated heterocycles. The Bertz CT molecular complexity index is 938. The highest BCUT2D eigenvalue weighted by Gasteiger charge is 2.33. The third-order valence-corrected chi connectivity index (χ3v) is 7.84. The number of benzene rings is 3. The van der Waals surface area contributed by atoms with Crippen LogP contribution in [0.5, 0.6) is 0 Å². The molecule has 1 amide bonds. The lowest BCUT2D eigenvalue weighted by Crippen LogP contribution is -2.32. The summed E-state index contributed by atoms with van der Waals surface area (Å²) in [5.74, 6) is 0.0369. The van der Waals surface area contributed by atoms with Crippen LogP contribution < -0.4 is 21.2 Å². The lowest BCUT2D eigenvalue weighted by atomic mass is 10.0.